The summed E-state index contributed by atoms with van der Waals surface area (Å²) in [4.78, 5) is 26.9. The van der Waals surface area contributed by atoms with Crippen molar-refractivity contribution in [2.24, 2.45) is 5.92 Å². The van der Waals surface area contributed by atoms with E-state index in [0.29, 0.717) is 13.0 Å². The molecule has 0 spiro atoms. The van der Waals surface area contributed by atoms with Crippen LogP contribution >= 0.6 is 0 Å². The molecule has 2 aromatic carbocycles. The molecule has 0 bridgehead atoms. The summed E-state index contributed by atoms with van der Waals surface area (Å²) in [6.45, 7) is 4.77. The van der Waals surface area contributed by atoms with E-state index in [0.717, 1.165) is 24.2 Å². The first-order valence-corrected chi connectivity index (χ1v) is 8.92. The molecule has 2 amide bonds. The zero-order valence-corrected chi connectivity index (χ0v) is 14.8. The molecule has 1 N–H and O–H groups in total. The Bertz CT molecular complexity index is 750. The highest BCUT2D eigenvalue weighted by molar-refractivity contribution is 6.13. The van der Waals surface area contributed by atoms with Gasteiger partial charge < -0.3 is 10.2 Å². The SMILES string of the molecule is CCc1ccc(NC(=O)C2CCN(c3ccc(CC)cc3)C2=O)cc1. The van der Waals surface area contributed by atoms with Crippen LogP contribution in [0.25, 0.3) is 0 Å². The number of rotatable bonds is 5. The summed E-state index contributed by atoms with van der Waals surface area (Å²) in [5, 5.41) is 2.87. The van der Waals surface area contributed by atoms with Crippen molar-refractivity contribution in [3.05, 3.63) is 59.7 Å². The first-order valence-electron chi connectivity index (χ1n) is 8.92. The smallest absolute Gasteiger partial charge is 0.239 e. The number of carbonyl (C=O) groups excluding carboxylic acids is 2. The Balaban J connectivity index is 1.66. The minimum absolute atomic E-state index is 0.119. The Hall–Kier alpha value is -2.62. The molecular weight excluding hydrogens is 312 g/mol. The summed E-state index contributed by atoms with van der Waals surface area (Å²) in [6.07, 6.45) is 2.48. The van der Waals surface area contributed by atoms with E-state index >= 15 is 0 Å². The minimum Gasteiger partial charge on any atom is -0.325 e. The van der Waals surface area contributed by atoms with Crippen molar-refractivity contribution in [3.63, 3.8) is 0 Å². The van der Waals surface area contributed by atoms with Gasteiger partial charge >= 0.3 is 0 Å². The van der Waals surface area contributed by atoms with Crippen LogP contribution in [0.5, 0.6) is 0 Å². The molecule has 4 heteroatoms. The molecule has 1 aliphatic heterocycles. The summed E-state index contributed by atoms with van der Waals surface area (Å²) in [7, 11) is 0. The number of aryl methyl sites for hydroxylation is 2. The molecular formula is C21H24N2O2. The van der Waals surface area contributed by atoms with Crippen molar-refractivity contribution >= 4 is 23.2 Å². The van der Waals surface area contributed by atoms with Crippen molar-refractivity contribution in [1.29, 1.82) is 0 Å². The summed E-state index contributed by atoms with van der Waals surface area (Å²) in [6, 6.07) is 15.7. The fourth-order valence-corrected chi connectivity index (χ4v) is 3.14. The maximum atomic E-state index is 12.7. The van der Waals surface area contributed by atoms with Crippen LogP contribution in [0.15, 0.2) is 48.5 Å². The van der Waals surface area contributed by atoms with Gasteiger partial charge in [-0.2, -0.15) is 0 Å². The van der Waals surface area contributed by atoms with Crippen LogP contribution in [0.4, 0.5) is 11.4 Å². The maximum Gasteiger partial charge on any atom is 0.239 e. The minimum atomic E-state index is -0.614. The van der Waals surface area contributed by atoms with E-state index in [1.165, 1.54) is 11.1 Å². The Kier molecular flexibility index (Phi) is 5.17. The average molecular weight is 336 g/mol. The van der Waals surface area contributed by atoms with E-state index in [-0.39, 0.29) is 11.8 Å². The first kappa shape index (κ1) is 17.2. The number of hydrogen-bond acceptors (Lipinski definition) is 2. The molecule has 1 aliphatic rings. The highest BCUT2D eigenvalue weighted by Gasteiger charge is 2.37. The van der Waals surface area contributed by atoms with E-state index < -0.39 is 5.92 Å². The van der Waals surface area contributed by atoms with Crippen molar-refractivity contribution in [2.75, 3.05) is 16.8 Å². The van der Waals surface area contributed by atoms with Crippen LogP contribution in [0.2, 0.25) is 0 Å². The predicted molar refractivity (Wildman–Crippen MR) is 101 cm³/mol. The van der Waals surface area contributed by atoms with Crippen LogP contribution < -0.4 is 10.2 Å². The fraction of sp³-hybridized carbons (Fsp3) is 0.333. The predicted octanol–water partition coefficient (Wildman–Crippen LogP) is 3.80. The van der Waals surface area contributed by atoms with Gasteiger partial charge in [-0.1, -0.05) is 38.1 Å². The molecule has 1 heterocycles. The van der Waals surface area contributed by atoms with Gasteiger partial charge in [-0.15, -0.1) is 0 Å². The third-order valence-corrected chi connectivity index (χ3v) is 4.81. The summed E-state index contributed by atoms with van der Waals surface area (Å²) in [5.41, 5.74) is 4.06. The number of nitrogens with zero attached hydrogens (tertiary/aromatic N) is 1. The van der Waals surface area contributed by atoms with Gasteiger partial charge in [-0.3, -0.25) is 9.59 Å². The number of nitrogens with one attached hydrogen (secondary N) is 1. The first-order chi connectivity index (χ1) is 12.1. The monoisotopic (exact) mass is 336 g/mol. The molecule has 25 heavy (non-hydrogen) atoms. The molecule has 1 unspecified atom stereocenters. The quantitative estimate of drug-likeness (QED) is 0.844. The fourth-order valence-electron chi connectivity index (χ4n) is 3.14. The van der Waals surface area contributed by atoms with E-state index in [1.807, 2.05) is 48.5 Å². The third-order valence-electron chi connectivity index (χ3n) is 4.81. The van der Waals surface area contributed by atoms with Gasteiger partial charge in [-0.25, -0.2) is 0 Å². The molecule has 1 saturated heterocycles. The maximum absolute atomic E-state index is 12.7. The van der Waals surface area contributed by atoms with E-state index in [1.54, 1.807) is 4.90 Å². The van der Waals surface area contributed by atoms with Gasteiger partial charge in [0.1, 0.15) is 5.92 Å². The van der Waals surface area contributed by atoms with Gasteiger partial charge in [0.05, 0.1) is 0 Å². The Morgan fingerprint density at radius 3 is 2.12 bits per heavy atom. The lowest BCUT2D eigenvalue weighted by Gasteiger charge is -2.17. The molecule has 0 aliphatic carbocycles. The normalized spacial score (nSPS) is 17.0. The van der Waals surface area contributed by atoms with Crippen LogP contribution in [0.3, 0.4) is 0 Å². The van der Waals surface area contributed by atoms with Crippen LogP contribution in [0.1, 0.15) is 31.4 Å². The van der Waals surface area contributed by atoms with E-state index in [9.17, 15) is 9.59 Å². The zero-order chi connectivity index (χ0) is 17.8. The molecule has 3 rings (SSSR count). The lowest BCUT2D eigenvalue weighted by Crippen LogP contribution is -2.33. The molecule has 0 saturated carbocycles. The van der Waals surface area contributed by atoms with E-state index in [4.69, 9.17) is 0 Å². The molecule has 4 nitrogen and oxygen atoms in total. The molecule has 1 fully saturated rings. The number of benzene rings is 2. The van der Waals surface area contributed by atoms with Crippen LogP contribution in [-0.4, -0.2) is 18.4 Å². The number of carbonyl (C=O) groups is 2. The second-order valence-electron chi connectivity index (χ2n) is 6.39. The van der Waals surface area contributed by atoms with Crippen molar-refractivity contribution in [2.45, 2.75) is 33.1 Å². The molecule has 2 aromatic rings. The highest BCUT2D eigenvalue weighted by atomic mass is 16.2. The highest BCUT2D eigenvalue weighted by Crippen LogP contribution is 2.26. The van der Waals surface area contributed by atoms with Gasteiger partial charge in [-0.05, 0) is 54.7 Å². The van der Waals surface area contributed by atoms with E-state index in [2.05, 4.69) is 19.2 Å². The van der Waals surface area contributed by atoms with Gasteiger partial charge in [0, 0.05) is 17.9 Å². The summed E-state index contributed by atoms with van der Waals surface area (Å²) in [5.74, 6) is -0.953. The number of anilines is 2. The summed E-state index contributed by atoms with van der Waals surface area (Å²) >= 11 is 0. The number of amides is 2. The third kappa shape index (κ3) is 3.73. The standard InChI is InChI=1S/C21H24N2O2/c1-3-15-5-9-17(10-6-15)22-20(24)19-13-14-23(21(19)25)18-11-7-16(4-2)8-12-18/h5-12,19H,3-4,13-14H2,1-2H3,(H,22,24). The summed E-state index contributed by atoms with van der Waals surface area (Å²) < 4.78 is 0. The van der Waals surface area contributed by atoms with Gasteiger partial charge in [0.15, 0.2) is 0 Å². The second-order valence-corrected chi connectivity index (χ2v) is 6.39. The average Bonchev–Trinajstić information content (AvgIpc) is 3.04. The largest absolute Gasteiger partial charge is 0.325 e. The Morgan fingerprint density at radius 1 is 1.00 bits per heavy atom. The topological polar surface area (TPSA) is 49.4 Å². The Morgan fingerprint density at radius 2 is 1.56 bits per heavy atom. The molecule has 130 valence electrons. The lowest BCUT2D eigenvalue weighted by atomic mass is 10.1. The van der Waals surface area contributed by atoms with Gasteiger partial charge in [0.2, 0.25) is 11.8 Å². The Labute approximate surface area is 148 Å². The molecule has 0 radical (unpaired) electrons. The van der Waals surface area contributed by atoms with Crippen molar-refractivity contribution in [1.82, 2.24) is 0 Å². The zero-order valence-electron chi connectivity index (χ0n) is 14.8. The van der Waals surface area contributed by atoms with Gasteiger partial charge in [0.25, 0.3) is 0 Å². The molecule has 0 aromatic heterocycles. The van der Waals surface area contributed by atoms with Crippen LogP contribution in [-0.2, 0) is 22.4 Å². The van der Waals surface area contributed by atoms with Crippen molar-refractivity contribution in [3.8, 4) is 0 Å². The molecule has 1 atom stereocenters. The second kappa shape index (κ2) is 7.51. The lowest BCUT2D eigenvalue weighted by molar-refractivity contribution is -0.129. The number of hydrogen-bond donors (Lipinski definition) is 1. The van der Waals surface area contributed by atoms with Crippen molar-refractivity contribution < 1.29 is 9.59 Å². The van der Waals surface area contributed by atoms with Crippen LogP contribution in [0, 0.1) is 5.92 Å².